The Morgan fingerprint density at radius 2 is 1.95 bits per heavy atom. The van der Waals surface area contributed by atoms with Crippen molar-refractivity contribution >= 4 is 22.5 Å². The van der Waals surface area contributed by atoms with Crippen LogP contribution in [0.3, 0.4) is 0 Å². The highest BCUT2D eigenvalue weighted by atomic mass is 32.1. The molecule has 1 aromatic heterocycles. The second-order valence-electron chi connectivity index (χ2n) is 6.01. The molecule has 0 bridgehead atoms. The van der Waals surface area contributed by atoms with Crippen molar-refractivity contribution < 1.29 is 9.90 Å². The van der Waals surface area contributed by atoms with Crippen LogP contribution in [0.5, 0.6) is 0 Å². The van der Waals surface area contributed by atoms with Crippen molar-refractivity contribution in [3.63, 3.8) is 0 Å². The molecule has 120 valence electrons. The molecule has 1 heterocycles. The van der Waals surface area contributed by atoms with E-state index in [0.717, 1.165) is 17.8 Å². The predicted molar refractivity (Wildman–Crippen MR) is 85.8 cm³/mol. The van der Waals surface area contributed by atoms with E-state index in [1.165, 1.54) is 11.3 Å². The van der Waals surface area contributed by atoms with E-state index in [-0.39, 0.29) is 18.1 Å². The van der Waals surface area contributed by atoms with E-state index < -0.39 is 0 Å². The van der Waals surface area contributed by atoms with Gasteiger partial charge >= 0.3 is 6.03 Å². The summed E-state index contributed by atoms with van der Waals surface area (Å²) in [7, 11) is 0. The van der Waals surface area contributed by atoms with Gasteiger partial charge in [-0.15, -0.1) is 10.2 Å². The molecule has 7 heteroatoms. The topological polar surface area (TPSA) is 78.4 Å². The number of aliphatic hydroxyl groups is 1. The molecule has 1 rings (SSSR count). The van der Waals surface area contributed by atoms with Gasteiger partial charge < -0.3 is 10.0 Å². The van der Waals surface area contributed by atoms with Crippen molar-refractivity contribution in [1.82, 2.24) is 15.1 Å². The maximum absolute atomic E-state index is 12.3. The van der Waals surface area contributed by atoms with Gasteiger partial charge in [0.2, 0.25) is 5.13 Å². The lowest BCUT2D eigenvalue weighted by Gasteiger charge is -2.21. The number of anilines is 1. The fourth-order valence-corrected chi connectivity index (χ4v) is 2.46. The van der Waals surface area contributed by atoms with Gasteiger partial charge in [0.05, 0.1) is 0 Å². The van der Waals surface area contributed by atoms with Crippen LogP contribution < -0.4 is 5.32 Å². The van der Waals surface area contributed by atoms with E-state index >= 15 is 0 Å². The number of carbonyl (C=O) groups is 1. The average Bonchev–Trinajstić information content (AvgIpc) is 2.87. The quantitative estimate of drug-likeness (QED) is 0.811. The fourth-order valence-electron chi connectivity index (χ4n) is 1.67. The number of rotatable bonds is 7. The summed E-state index contributed by atoms with van der Waals surface area (Å²) in [5, 5.41) is 21.3. The molecule has 6 nitrogen and oxygen atoms in total. The van der Waals surface area contributed by atoms with Gasteiger partial charge in [0, 0.05) is 25.1 Å². The molecule has 0 fully saturated rings. The van der Waals surface area contributed by atoms with Crippen molar-refractivity contribution in [2.24, 2.45) is 0 Å². The number of amides is 2. The van der Waals surface area contributed by atoms with Crippen LogP contribution in [0.15, 0.2) is 0 Å². The summed E-state index contributed by atoms with van der Waals surface area (Å²) in [6.45, 7) is 9.60. The lowest BCUT2D eigenvalue weighted by molar-refractivity contribution is 0.201. The second-order valence-corrected chi connectivity index (χ2v) is 6.99. The van der Waals surface area contributed by atoms with E-state index in [9.17, 15) is 4.79 Å². The minimum Gasteiger partial charge on any atom is -0.396 e. The highest BCUT2D eigenvalue weighted by Crippen LogP contribution is 2.27. The van der Waals surface area contributed by atoms with Crippen LogP contribution in [-0.2, 0) is 5.41 Å². The van der Waals surface area contributed by atoms with Crippen molar-refractivity contribution in [3.05, 3.63) is 5.01 Å². The highest BCUT2D eigenvalue weighted by molar-refractivity contribution is 7.15. The van der Waals surface area contributed by atoms with Crippen molar-refractivity contribution in [2.75, 3.05) is 25.0 Å². The SMILES string of the molecule is CCCCN(CCCO)C(=O)Nc1nnc(C(C)(C)C)s1. The maximum atomic E-state index is 12.3. The summed E-state index contributed by atoms with van der Waals surface area (Å²) in [6.07, 6.45) is 2.55. The minimum atomic E-state index is -0.173. The Labute approximate surface area is 130 Å². The van der Waals surface area contributed by atoms with Crippen LogP contribution in [0.25, 0.3) is 0 Å². The Morgan fingerprint density at radius 3 is 2.48 bits per heavy atom. The molecule has 0 atom stereocenters. The number of hydrogen-bond donors (Lipinski definition) is 2. The molecule has 0 aromatic carbocycles. The summed E-state index contributed by atoms with van der Waals surface area (Å²) >= 11 is 1.40. The second kappa shape index (κ2) is 8.29. The van der Waals surface area contributed by atoms with Gasteiger partial charge in [-0.2, -0.15) is 0 Å². The van der Waals surface area contributed by atoms with Crippen LogP contribution >= 0.6 is 11.3 Å². The fraction of sp³-hybridized carbons (Fsp3) is 0.786. The number of urea groups is 1. The number of unbranched alkanes of at least 4 members (excludes halogenated alkanes) is 1. The van der Waals surface area contributed by atoms with Gasteiger partial charge in [0.1, 0.15) is 5.01 Å². The van der Waals surface area contributed by atoms with Crippen LogP contribution in [0.4, 0.5) is 9.93 Å². The first-order valence-corrected chi connectivity index (χ1v) is 8.21. The smallest absolute Gasteiger partial charge is 0.323 e. The number of aliphatic hydroxyl groups excluding tert-OH is 1. The van der Waals surface area contributed by atoms with Gasteiger partial charge in [0.15, 0.2) is 0 Å². The lowest BCUT2D eigenvalue weighted by Crippen LogP contribution is -2.36. The molecule has 0 radical (unpaired) electrons. The molecular weight excluding hydrogens is 288 g/mol. The molecule has 0 saturated carbocycles. The third kappa shape index (κ3) is 5.97. The molecule has 2 N–H and O–H groups in total. The molecule has 0 spiro atoms. The third-order valence-electron chi connectivity index (χ3n) is 2.94. The van der Waals surface area contributed by atoms with Crippen LogP contribution in [0.2, 0.25) is 0 Å². The van der Waals surface area contributed by atoms with E-state index in [0.29, 0.717) is 24.6 Å². The largest absolute Gasteiger partial charge is 0.396 e. The summed E-state index contributed by atoms with van der Waals surface area (Å²) in [5.74, 6) is 0. The van der Waals surface area contributed by atoms with Gasteiger partial charge in [0.25, 0.3) is 0 Å². The van der Waals surface area contributed by atoms with Gasteiger partial charge in [-0.25, -0.2) is 4.79 Å². The number of nitrogens with zero attached hydrogens (tertiary/aromatic N) is 3. The Morgan fingerprint density at radius 1 is 1.29 bits per heavy atom. The molecule has 1 aromatic rings. The van der Waals surface area contributed by atoms with E-state index in [1.54, 1.807) is 4.90 Å². The molecular formula is C14H26N4O2S. The Hall–Kier alpha value is -1.21. The number of carbonyl (C=O) groups excluding carboxylic acids is 1. The van der Waals surface area contributed by atoms with Crippen molar-refractivity contribution in [2.45, 2.75) is 52.4 Å². The minimum absolute atomic E-state index is 0.0700. The molecule has 2 amide bonds. The number of hydrogen-bond acceptors (Lipinski definition) is 5. The summed E-state index contributed by atoms with van der Waals surface area (Å²) in [6, 6.07) is -0.173. The molecule has 0 aliphatic rings. The number of aromatic nitrogens is 2. The summed E-state index contributed by atoms with van der Waals surface area (Å²) in [4.78, 5) is 14.0. The molecule has 0 aliphatic heterocycles. The van der Waals surface area contributed by atoms with Gasteiger partial charge in [-0.3, -0.25) is 5.32 Å². The van der Waals surface area contributed by atoms with Crippen LogP contribution in [0.1, 0.15) is 52.0 Å². The monoisotopic (exact) mass is 314 g/mol. The Balaban J connectivity index is 2.65. The zero-order valence-corrected chi connectivity index (χ0v) is 14.2. The van der Waals surface area contributed by atoms with Gasteiger partial charge in [-0.05, 0) is 12.8 Å². The maximum Gasteiger partial charge on any atom is 0.323 e. The summed E-state index contributed by atoms with van der Waals surface area (Å²) < 4.78 is 0. The summed E-state index contributed by atoms with van der Waals surface area (Å²) in [5.41, 5.74) is -0.0700. The molecule has 21 heavy (non-hydrogen) atoms. The first-order chi connectivity index (χ1) is 9.88. The van der Waals surface area contributed by atoms with Crippen molar-refractivity contribution in [3.8, 4) is 0 Å². The van der Waals surface area contributed by atoms with E-state index in [4.69, 9.17) is 5.11 Å². The normalized spacial score (nSPS) is 11.5. The van der Waals surface area contributed by atoms with E-state index in [2.05, 4.69) is 43.2 Å². The lowest BCUT2D eigenvalue weighted by atomic mass is 9.98. The average molecular weight is 314 g/mol. The Kier molecular flexibility index (Phi) is 7.04. The standard InChI is InChI=1S/C14H26N4O2S/c1-5-6-8-18(9-7-10-19)13(20)15-12-17-16-11(21-12)14(2,3)4/h19H,5-10H2,1-4H3,(H,15,17,20). The van der Waals surface area contributed by atoms with Crippen molar-refractivity contribution in [1.29, 1.82) is 0 Å². The predicted octanol–water partition coefficient (Wildman–Crippen LogP) is 2.85. The van der Waals surface area contributed by atoms with Crippen LogP contribution in [-0.4, -0.2) is 45.9 Å². The molecule has 0 saturated heterocycles. The first kappa shape index (κ1) is 17.8. The van der Waals surface area contributed by atoms with Crippen LogP contribution in [0, 0.1) is 0 Å². The first-order valence-electron chi connectivity index (χ1n) is 7.39. The Bertz CT molecular complexity index is 434. The zero-order valence-electron chi connectivity index (χ0n) is 13.3. The number of nitrogens with one attached hydrogen (secondary N) is 1. The highest BCUT2D eigenvalue weighted by Gasteiger charge is 2.21. The zero-order chi connectivity index (χ0) is 15.9. The van der Waals surface area contributed by atoms with Gasteiger partial charge in [-0.1, -0.05) is 45.5 Å². The molecule has 0 unspecified atom stereocenters. The molecule has 0 aliphatic carbocycles. The third-order valence-corrected chi connectivity index (χ3v) is 4.20. The van der Waals surface area contributed by atoms with E-state index in [1.807, 2.05) is 0 Å².